The van der Waals surface area contributed by atoms with E-state index in [1.165, 1.54) is 0 Å². The summed E-state index contributed by atoms with van der Waals surface area (Å²) in [6.07, 6.45) is 5.19. The molecule has 0 amide bonds. The zero-order valence-electron chi connectivity index (χ0n) is 7.26. The maximum absolute atomic E-state index is 5.57. The van der Waals surface area contributed by atoms with E-state index >= 15 is 0 Å². The summed E-state index contributed by atoms with van der Waals surface area (Å²) in [4.78, 5) is 8.17. The second kappa shape index (κ2) is 3.75. The smallest absolute Gasteiger partial charge is 0.159 e. The highest BCUT2D eigenvalue weighted by Crippen LogP contribution is 2.16. The molecule has 2 rings (SSSR count). The normalized spacial score (nSPS) is 10.4. The summed E-state index contributed by atoms with van der Waals surface area (Å²) < 4.78 is 2.47. The minimum absolute atomic E-state index is 0.473. The Kier molecular flexibility index (Phi) is 2.45. The molecule has 0 saturated heterocycles. The van der Waals surface area contributed by atoms with Crippen LogP contribution in [0.25, 0.3) is 0 Å². The number of nitrogens with zero attached hydrogens (tertiary/aromatic N) is 4. The van der Waals surface area contributed by atoms with Gasteiger partial charge in [0.2, 0.25) is 0 Å². The van der Waals surface area contributed by atoms with Crippen molar-refractivity contribution < 1.29 is 0 Å². The number of halogens is 1. The molecule has 6 heteroatoms. The molecule has 0 aliphatic carbocycles. The van der Waals surface area contributed by atoms with Gasteiger partial charge in [-0.15, -0.1) is 0 Å². The molecule has 5 nitrogen and oxygen atoms in total. The summed E-state index contributed by atoms with van der Waals surface area (Å²) in [5.41, 5.74) is 5.57. The van der Waals surface area contributed by atoms with Crippen molar-refractivity contribution in [3.8, 4) is 0 Å². The number of nitrogens with two attached hydrogens (primary N) is 1. The first-order valence-corrected chi connectivity index (χ1v) is 4.79. The van der Waals surface area contributed by atoms with Gasteiger partial charge in [-0.05, 0) is 22.0 Å². The minimum Gasteiger partial charge on any atom is -0.381 e. The number of hydrogen-bond acceptors (Lipinski definition) is 4. The number of hydrogen-bond donors (Lipinski definition) is 1. The molecule has 2 N–H and O–H groups in total. The van der Waals surface area contributed by atoms with Crippen LogP contribution in [0.4, 0.5) is 5.82 Å². The summed E-state index contributed by atoms with van der Waals surface area (Å²) in [6, 6.07) is 1.77. The van der Waals surface area contributed by atoms with E-state index in [-0.39, 0.29) is 0 Å². The number of anilines is 1. The third-order valence-electron chi connectivity index (χ3n) is 1.67. The molecule has 0 aliphatic heterocycles. The summed E-state index contributed by atoms with van der Waals surface area (Å²) >= 11 is 3.28. The van der Waals surface area contributed by atoms with Gasteiger partial charge >= 0.3 is 0 Å². The Labute approximate surface area is 89.1 Å². The molecule has 0 aromatic carbocycles. The quantitative estimate of drug-likeness (QED) is 0.870. The summed E-state index contributed by atoms with van der Waals surface area (Å²) in [6.45, 7) is 0.524. The van der Waals surface area contributed by atoms with Gasteiger partial charge in [-0.3, -0.25) is 4.68 Å². The van der Waals surface area contributed by atoms with Crippen LogP contribution in [0.2, 0.25) is 0 Å². The van der Waals surface area contributed by atoms with Crippen LogP contribution in [0.3, 0.4) is 0 Å². The van der Waals surface area contributed by atoms with E-state index in [4.69, 9.17) is 5.73 Å². The average Bonchev–Trinajstić information content (AvgIpc) is 2.47. The Bertz CT molecular complexity index is 405. The van der Waals surface area contributed by atoms with E-state index < -0.39 is 0 Å². The Morgan fingerprint density at radius 3 is 2.64 bits per heavy atom. The summed E-state index contributed by atoms with van der Waals surface area (Å²) in [5, 5.41) is 4.07. The molecular weight excluding hydrogens is 246 g/mol. The molecule has 72 valence electrons. The highest BCUT2D eigenvalue weighted by atomic mass is 79.9. The maximum Gasteiger partial charge on any atom is 0.159 e. The van der Waals surface area contributed by atoms with Crippen molar-refractivity contribution in [1.29, 1.82) is 0 Å². The molecule has 14 heavy (non-hydrogen) atoms. The fourth-order valence-electron chi connectivity index (χ4n) is 1.05. The molecule has 0 saturated carbocycles. The second-order valence-corrected chi connectivity index (χ2v) is 3.58. The molecule has 0 fully saturated rings. The monoisotopic (exact) mass is 253 g/mol. The van der Waals surface area contributed by atoms with E-state index in [9.17, 15) is 0 Å². The van der Waals surface area contributed by atoms with Crippen molar-refractivity contribution >= 4 is 21.7 Å². The lowest BCUT2D eigenvalue weighted by molar-refractivity contribution is 0.657. The maximum atomic E-state index is 5.57. The van der Waals surface area contributed by atoms with Crippen LogP contribution in [-0.4, -0.2) is 19.7 Å². The topological polar surface area (TPSA) is 69.6 Å². The summed E-state index contributed by atoms with van der Waals surface area (Å²) in [5.74, 6) is 1.18. The van der Waals surface area contributed by atoms with Gasteiger partial charge in [-0.25, -0.2) is 9.97 Å². The van der Waals surface area contributed by atoms with Crippen molar-refractivity contribution in [2.24, 2.45) is 0 Å². The molecule has 0 radical (unpaired) electrons. The summed E-state index contributed by atoms with van der Waals surface area (Å²) in [7, 11) is 0. The average molecular weight is 254 g/mol. The van der Waals surface area contributed by atoms with E-state index in [2.05, 4.69) is 31.0 Å². The second-order valence-electron chi connectivity index (χ2n) is 2.72. The Morgan fingerprint density at radius 2 is 2.07 bits per heavy atom. The lowest BCUT2D eigenvalue weighted by Crippen LogP contribution is -2.04. The van der Waals surface area contributed by atoms with Crippen LogP contribution < -0.4 is 5.73 Å². The van der Waals surface area contributed by atoms with E-state index in [0.29, 0.717) is 18.2 Å². The molecule has 2 heterocycles. The van der Waals surface area contributed by atoms with Gasteiger partial charge in [0.05, 0.1) is 4.47 Å². The van der Waals surface area contributed by atoms with Crippen LogP contribution in [0.5, 0.6) is 0 Å². The van der Waals surface area contributed by atoms with Crippen molar-refractivity contribution in [3.05, 3.63) is 35.0 Å². The molecule has 0 bridgehead atoms. The number of nitrogen functional groups attached to an aromatic ring is 1. The first kappa shape index (κ1) is 9.14. The Balaban J connectivity index is 2.19. The van der Waals surface area contributed by atoms with Crippen LogP contribution in [-0.2, 0) is 6.54 Å². The highest BCUT2D eigenvalue weighted by Gasteiger charge is 2.03. The zero-order valence-corrected chi connectivity index (χ0v) is 8.85. The number of aromatic nitrogens is 4. The van der Waals surface area contributed by atoms with Crippen LogP contribution in [0, 0.1) is 0 Å². The van der Waals surface area contributed by atoms with E-state index in [1.807, 2.05) is 0 Å². The molecule has 2 aromatic rings. The molecule has 0 spiro atoms. The lowest BCUT2D eigenvalue weighted by atomic mass is 10.5. The first-order valence-electron chi connectivity index (χ1n) is 4.00. The van der Waals surface area contributed by atoms with Crippen molar-refractivity contribution in [3.63, 3.8) is 0 Å². The molecule has 0 unspecified atom stereocenters. The predicted octanol–water partition coefficient (Wildman–Crippen LogP) is 1.07. The Hall–Kier alpha value is -1.43. The van der Waals surface area contributed by atoms with Crippen molar-refractivity contribution in [2.75, 3.05) is 5.73 Å². The largest absolute Gasteiger partial charge is 0.381 e. The van der Waals surface area contributed by atoms with E-state index in [1.54, 1.807) is 29.3 Å². The van der Waals surface area contributed by atoms with Gasteiger partial charge < -0.3 is 5.73 Å². The van der Waals surface area contributed by atoms with Crippen molar-refractivity contribution in [2.45, 2.75) is 6.54 Å². The van der Waals surface area contributed by atoms with Crippen LogP contribution in [0.1, 0.15) is 5.82 Å². The van der Waals surface area contributed by atoms with Crippen LogP contribution in [0.15, 0.2) is 29.1 Å². The predicted molar refractivity (Wildman–Crippen MR) is 55.5 cm³/mol. The highest BCUT2D eigenvalue weighted by molar-refractivity contribution is 9.10. The molecule has 0 atom stereocenters. The van der Waals surface area contributed by atoms with Gasteiger partial charge in [0, 0.05) is 18.6 Å². The number of rotatable bonds is 2. The standard InChI is InChI=1S/C8H8BrN5/c9-6-4-14(13-8(6)10)5-7-11-2-1-3-12-7/h1-4H,5H2,(H2,10,13). The van der Waals surface area contributed by atoms with Crippen molar-refractivity contribution in [1.82, 2.24) is 19.7 Å². The van der Waals surface area contributed by atoms with Gasteiger partial charge in [0.15, 0.2) is 5.82 Å². The fraction of sp³-hybridized carbons (Fsp3) is 0.125. The SMILES string of the molecule is Nc1nn(Cc2ncccn2)cc1Br. The van der Waals surface area contributed by atoms with Gasteiger partial charge in [-0.1, -0.05) is 0 Å². The fourth-order valence-corrected chi connectivity index (χ4v) is 1.37. The third-order valence-corrected chi connectivity index (χ3v) is 2.28. The molecular formula is C8H8BrN5. The van der Waals surface area contributed by atoms with Crippen LogP contribution >= 0.6 is 15.9 Å². The Morgan fingerprint density at radius 1 is 1.36 bits per heavy atom. The first-order chi connectivity index (χ1) is 6.75. The molecule has 0 aliphatic rings. The van der Waals surface area contributed by atoms with Gasteiger partial charge in [0.1, 0.15) is 12.4 Å². The lowest BCUT2D eigenvalue weighted by Gasteiger charge is -1.97. The zero-order chi connectivity index (χ0) is 9.97. The minimum atomic E-state index is 0.473. The molecule has 2 aromatic heterocycles. The van der Waals surface area contributed by atoms with E-state index in [0.717, 1.165) is 4.47 Å². The third kappa shape index (κ3) is 1.90. The van der Waals surface area contributed by atoms with Gasteiger partial charge in [-0.2, -0.15) is 5.10 Å². The van der Waals surface area contributed by atoms with Gasteiger partial charge in [0.25, 0.3) is 0 Å².